The molecular formula is C9H11BrO2. The van der Waals surface area contributed by atoms with E-state index in [1.807, 2.05) is 6.08 Å². The summed E-state index contributed by atoms with van der Waals surface area (Å²) in [5.74, 6) is 0. The molecule has 66 valence electrons. The number of ether oxygens (including phenoxy) is 2. The van der Waals surface area contributed by atoms with Gasteiger partial charge in [0.15, 0.2) is 6.29 Å². The Kier molecular flexibility index (Phi) is 3.72. The quantitative estimate of drug-likeness (QED) is 0.694. The monoisotopic (exact) mass is 230 g/mol. The number of hydrogen-bond donors (Lipinski definition) is 0. The third kappa shape index (κ3) is 2.59. The summed E-state index contributed by atoms with van der Waals surface area (Å²) in [5.41, 5.74) is 0.898. The van der Waals surface area contributed by atoms with Gasteiger partial charge < -0.3 is 9.47 Å². The van der Waals surface area contributed by atoms with Crippen LogP contribution in [-0.2, 0) is 9.47 Å². The average Bonchev–Trinajstić information content (AvgIpc) is 2.51. The molecule has 0 saturated carbocycles. The van der Waals surface area contributed by atoms with E-state index in [1.54, 1.807) is 6.08 Å². The minimum Gasteiger partial charge on any atom is -0.346 e. The van der Waals surface area contributed by atoms with Crippen molar-refractivity contribution >= 4 is 15.9 Å². The summed E-state index contributed by atoms with van der Waals surface area (Å²) in [4.78, 5) is 0. The Morgan fingerprint density at radius 2 is 2.00 bits per heavy atom. The molecule has 1 rings (SSSR count). The lowest BCUT2D eigenvalue weighted by Crippen LogP contribution is -2.09. The van der Waals surface area contributed by atoms with Crippen LogP contribution in [0.5, 0.6) is 0 Å². The molecule has 0 aromatic rings. The van der Waals surface area contributed by atoms with Crippen LogP contribution < -0.4 is 0 Å². The molecule has 0 spiro atoms. The van der Waals surface area contributed by atoms with Crippen LogP contribution in [0.1, 0.15) is 0 Å². The van der Waals surface area contributed by atoms with E-state index in [-0.39, 0.29) is 6.29 Å². The smallest absolute Gasteiger partial charge is 0.184 e. The van der Waals surface area contributed by atoms with Gasteiger partial charge in [0, 0.05) is 10.1 Å². The van der Waals surface area contributed by atoms with Gasteiger partial charge in [-0.05, 0) is 6.08 Å². The van der Waals surface area contributed by atoms with Crippen LogP contribution >= 0.6 is 15.9 Å². The topological polar surface area (TPSA) is 18.5 Å². The Bertz CT molecular complexity index is 215. The standard InChI is InChI=1S/C9H11BrO2/c1-3-8(6-7(2)10)9-11-4-5-12-9/h3,6,9H,1-2,4-5H2/b8-6+. The maximum Gasteiger partial charge on any atom is 0.184 e. The predicted molar refractivity (Wildman–Crippen MR) is 52.0 cm³/mol. The lowest BCUT2D eigenvalue weighted by molar-refractivity contribution is -0.00828. The van der Waals surface area contributed by atoms with Crippen LogP contribution in [-0.4, -0.2) is 19.5 Å². The van der Waals surface area contributed by atoms with E-state index in [0.717, 1.165) is 10.1 Å². The van der Waals surface area contributed by atoms with Gasteiger partial charge in [-0.25, -0.2) is 0 Å². The molecule has 3 heteroatoms. The Morgan fingerprint density at radius 3 is 2.42 bits per heavy atom. The fourth-order valence-corrected chi connectivity index (χ4v) is 1.22. The van der Waals surface area contributed by atoms with Crippen molar-refractivity contribution in [2.45, 2.75) is 6.29 Å². The molecule has 12 heavy (non-hydrogen) atoms. The van der Waals surface area contributed by atoms with E-state index in [2.05, 4.69) is 29.1 Å². The molecule has 0 unspecified atom stereocenters. The van der Waals surface area contributed by atoms with E-state index in [4.69, 9.17) is 9.47 Å². The summed E-state index contributed by atoms with van der Waals surface area (Å²) >= 11 is 3.23. The highest BCUT2D eigenvalue weighted by atomic mass is 79.9. The Hall–Kier alpha value is -0.380. The SMILES string of the molecule is C=C/C(=C\C(=C)Br)C1OCCO1. The molecule has 0 bridgehead atoms. The molecule has 0 atom stereocenters. The van der Waals surface area contributed by atoms with Crippen LogP contribution in [0.2, 0.25) is 0 Å². The second kappa shape index (κ2) is 4.60. The second-order valence-electron chi connectivity index (χ2n) is 2.37. The first-order valence-electron chi connectivity index (χ1n) is 3.65. The van der Waals surface area contributed by atoms with E-state index in [9.17, 15) is 0 Å². The fourth-order valence-electron chi connectivity index (χ4n) is 0.955. The van der Waals surface area contributed by atoms with Crippen molar-refractivity contribution in [2.24, 2.45) is 0 Å². The lowest BCUT2D eigenvalue weighted by Gasteiger charge is -2.09. The third-order valence-corrected chi connectivity index (χ3v) is 1.68. The highest BCUT2D eigenvalue weighted by Crippen LogP contribution is 2.18. The summed E-state index contributed by atoms with van der Waals surface area (Å²) in [6.07, 6.45) is 3.28. The molecule has 1 fully saturated rings. The molecule has 0 aromatic heterocycles. The molecule has 1 aliphatic rings. The summed E-state index contributed by atoms with van der Waals surface area (Å²) in [7, 11) is 0. The van der Waals surface area contributed by atoms with Crippen molar-refractivity contribution in [3.63, 3.8) is 0 Å². The maximum atomic E-state index is 5.28. The molecule has 1 saturated heterocycles. The zero-order valence-electron chi connectivity index (χ0n) is 6.75. The Balaban J connectivity index is 2.66. The molecule has 2 nitrogen and oxygen atoms in total. The van der Waals surface area contributed by atoms with Gasteiger partial charge in [-0.1, -0.05) is 35.2 Å². The molecular weight excluding hydrogens is 220 g/mol. The van der Waals surface area contributed by atoms with Crippen molar-refractivity contribution in [3.05, 3.63) is 35.4 Å². The minimum atomic E-state index is -0.267. The van der Waals surface area contributed by atoms with E-state index >= 15 is 0 Å². The Morgan fingerprint density at radius 1 is 1.42 bits per heavy atom. The van der Waals surface area contributed by atoms with Crippen LogP contribution in [0.3, 0.4) is 0 Å². The average molecular weight is 231 g/mol. The van der Waals surface area contributed by atoms with Gasteiger partial charge in [-0.2, -0.15) is 0 Å². The van der Waals surface area contributed by atoms with Crippen LogP contribution in [0.15, 0.2) is 35.4 Å². The third-order valence-electron chi connectivity index (χ3n) is 1.45. The molecule has 0 N–H and O–H groups in total. The summed E-state index contributed by atoms with van der Waals surface area (Å²) in [5, 5.41) is 0. The van der Waals surface area contributed by atoms with Gasteiger partial charge >= 0.3 is 0 Å². The lowest BCUT2D eigenvalue weighted by atomic mass is 10.2. The largest absolute Gasteiger partial charge is 0.346 e. The fraction of sp³-hybridized carbons (Fsp3) is 0.333. The van der Waals surface area contributed by atoms with Gasteiger partial charge in [-0.15, -0.1) is 0 Å². The molecule has 1 heterocycles. The van der Waals surface area contributed by atoms with E-state index in [0.29, 0.717) is 13.2 Å². The summed E-state index contributed by atoms with van der Waals surface area (Å²) < 4.78 is 11.4. The molecule has 0 aliphatic carbocycles. The van der Waals surface area contributed by atoms with Crippen molar-refractivity contribution in [2.75, 3.05) is 13.2 Å². The highest BCUT2D eigenvalue weighted by Gasteiger charge is 2.18. The van der Waals surface area contributed by atoms with Gasteiger partial charge in [0.25, 0.3) is 0 Å². The first-order chi connectivity index (χ1) is 5.74. The second-order valence-corrected chi connectivity index (χ2v) is 3.39. The Labute approximate surface area is 80.7 Å². The van der Waals surface area contributed by atoms with E-state index in [1.165, 1.54) is 0 Å². The van der Waals surface area contributed by atoms with Gasteiger partial charge in [0.2, 0.25) is 0 Å². The molecule has 0 radical (unpaired) electrons. The van der Waals surface area contributed by atoms with Crippen LogP contribution in [0.4, 0.5) is 0 Å². The van der Waals surface area contributed by atoms with Gasteiger partial charge in [0.05, 0.1) is 13.2 Å². The zero-order valence-corrected chi connectivity index (χ0v) is 8.34. The maximum absolute atomic E-state index is 5.28. The first kappa shape index (κ1) is 9.71. The number of hydrogen-bond acceptors (Lipinski definition) is 2. The normalized spacial score (nSPS) is 19.6. The van der Waals surface area contributed by atoms with Crippen LogP contribution in [0.25, 0.3) is 0 Å². The van der Waals surface area contributed by atoms with Gasteiger partial charge in [0.1, 0.15) is 0 Å². The van der Waals surface area contributed by atoms with Gasteiger partial charge in [-0.3, -0.25) is 0 Å². The predicted octanol–water partition coefficient (Wildman–Crippen LogP) is 2.38. The highest BCUT2D eigenvalue weighted by molar-refractivity contribution is 9.11. The van der Waals surface area contributed by atoms with Crippen molar-refractivity contribution in [1.29, 1.82) is 0 Å². The zero-order chi connectivity index (χ0) is 8.97. The summed E-state index contributed by atoms with van der Waals surface area (Å²) in [6, 6.07) is 0. The van der Waals surface area contributed by atoms with Crippen molar-refractivity contribution < 1.29 is 9.47 Å². The van der Waals surface area contributed by atoms with Crippen molar-refractivity contribution in [3.8, 4) is 0 Å². The molecule has 0 amide bonds. The minimum absolute atomic E-state index is 0.267. The van der Waals surface area contributed by atoms with Crippen molar-refractivity contribution in [1.82, 2.24) is 0 Å². The number of halogens is 1. The molecule has 1 aliphatic heterocycles. The number of rotatable bonds is 3. The first-order valence-corrected chi connectivity index (χ1v) is 4.45. The van der Waals surface area contributed by atoms with Crippen LogP contribution in [0, 0.1) is 0 Å². The summed E-state index contributed by atoms with van der Waals surface area (Å²) in [6.45, 7) is 8.65. The number of allylic oxidation sites excluding steroid dienone is 2. The van der Waals surface area contributed by atoms with E-state index < -0.39 is 0 Å². The molecule has 0 aromatic carbocycles.